The van der Waals surface area contributed by atoms with E-state index in [2.05, 4.69) is 20.8 Å². The second kappa shape index (κ2) is 10.0. The van der Waals surface area contributed by atoms with Crippen molar-refractivity contribution in [2.45, 2.75) is 18.6 Å². The van der Waals surface area contributed by atoms with Crippen LogP contribution in [0.1, 0.15) is 12.5 Å². The number of hydrogen-bond donors (Lipinski definition) is 2. The lowest BCUT2D eigenvalue weighted by Crippen LogP contribution is -2.37. The Hall–Kier alpha value is -2.65. The summed E-state index contributed by atoms with van der Waals surface area (Å²) in [6.45, 7) is 2.96. The van der Waals surface area contributed by atoms with Gasteiger partial charge >= 0.3 is 0 Å². The topological polar surface area (TPSA) is 88.9 Å². The Bertz CT molecular complexity index is 910. The van der Waals surface area contributed by atoms with Gasteiger partial charge in [-0.1, -0.05) is 48.2 Å². The van der Waals surface area contributed by atoms with Crippen LogP contribution in [0.4, 0.5) is 0 Å². The summed E-state index contributed by atoms with van der Waals surface area (Å²) < 4.78 is 2.02. The first kappa shape index (κ1) is 20.1. The van der Waals surface area contributed by atoms with Crippen LogP contribution >= 0.6 is 23.1 Å². The van der Waals surface area contributed by atoms with Crippen molar-refractivity contribution in [1.82, 2.24) is 25.4 Å². The molecule has 1 aromatic carbocycles. The van der Waals surface area contributed by atoms with Crippen LogP contribution in [0, 0.1) is 0 Å². The van der Waals surface area contributed by atoms with Gasteiger partial charge in [0.15, 0.2) is 11.0 Å². The summed E-state index contributed by atoms with van der Waals surface area (Å²) in [5, 5.41) is 16.5. The Labute approximate surface area is 171 Å². The number of thioether (sulfide) groups is 1. The largest absolute Gasteiger partial charge is 0.355 e. The molecular weight excluding hydrogens is 394 g/mol. The number of rotatable bonds is 9. The Morgan fingerprint density at radius 3 is 2.61 bits per heavy atom. The fourth-order valence-corrected chi connectivity index (χ4v) is 4.00. The molecule has 2 N–H and O–H groups in total. The van der Waals surface area contributed by atoms with Crippen LogP contribution in [-0.2, 0) is 16.1 Å². The third-order valence-electron chi connectivity index (χ3n) is 3.79. The summed E-state index contributed by atoms with van der Waals surface area (Å²) in [6, 6.07) is 14.0. The molecule has 0 saturated heterocycles. The van der Waals surface area contributed by atoms with E-state index < -0.39 is 0 Å². The van der Waals surface area contributed by atoms with Crippen LogP contribution in [-0.4, -0.2) is 45.4 Å². The van der Waals surface area contributed by atoms with Crippen molar-refractivity contribution in [2.24, 2.45) is 0 Å². The number of aromatic nitrogens is 3. The number of thiophene rings is 1. The van der Waals surface area contributed by atoms with E-state index >= 15 is 0 Å². The Morgan fingerprint density at radius 1 is 1.07 bits per heavy atom. The highest BCUT2D eigenvalue weighted by molar-refractivity contribution is 7.99. The van der Waals surface area contributed by atoms with Crippen LogP contribution in [0.25, 0.3) is 10.7 Å². The van der Waals surface area contributed by atoms with E-state index in [9.17, 15) is 9.59 Å². The monoisotopic (exact) mass is 415 g/mol. The fraction of sp³-hybridized carbons (Fsp3) is 0.263. The second-order valence-corrected chi connectivity index (χ2v) is 7.76. The first-order valence-electron chi connectivity index (χ1n) is 8.84. The van der Waals surface area contributed by atoms with Crippen molar-refractivity contribution in [1.29, 1.82) is 0 Å². The van der Waals surface area contributed by atoms with Crippen LogP contribution in [0.2, 0.25) is 0 Å². The second-order valence-electron chi connectivity index (χ2n) is 5.87. The van der Waals surface area contributed by atoms with Crippen molar-refractivity contribution in [2.75, 3.05) is 18.8 Å². The molecule has 0 fully saturated rings. The lowest BCUT2D eigenvalue weighted by molar-refractivity contribution is -0.124. The van der Waals surface area contributed by atoms with Crippen molar-refractivity contribution in [3.05, 3.63) is 53.4 Å². The molecule has 3 rings (SSSR count). The molecular formula is C19H21N5O2S2. The van der Waals surface area contributed by atoms with Crippen LogP contribution in [0.5, 0.6) is 0 Å². The fourth-order valence-electron chi connectivity index (χ4n) is 2.51. The number of carbonyl (C=O) groups is 2. The van der Waals surface area contributed by atoms with Crippen molar-refractivity contribution in [3.8, 4) is 10.7 Å². The molecule has 0 aliphatic rings. The quantitative estimate of drug-likeness (QED) is 0.524. The Balaban J connectivity index is 1.70. The molecule has 0 bridgehead atoms. The predicted octanol–water partition coefficient (Wildman–Crippen LogP) is 2.40. The molecule has 146 valence electrons. The van der Waals surface area contributed by atoms with E-state index in [1.807, 2.05) is 59.3 Å². The van der Waals surface area contributed by atoms with Gasteiger partial charge in [0.25, 0.3) is 0 Å². The highest BCUT2D eigenvalue weighted by Crippen LogP contribution is 2.28. The lowest BCUT2D eigenvalue weighted by Gasteiger charge is -2.10. The molecule has 0 atom stereocenters. The number of likely N-dealkylation sites (N-methyl/N-ethyl adjacent to an activating group) is 1. The van der Waals surface area contributed by atoms with E-state index in [1.165, 1.54) is 11.8 Å². The van der Waals surface area contributed by atoms with Gasteiger partial charge in [0.05, 0.1) is 23.7 Å². The molecule has 0 radical (unpaired) electrons. The summed E-state index contributed by atoms with van der Waals surface area (Å²) in [5.74, 6) is 0.525. The minimum absolute atomic E-state index is 0.0234. The molecule has 0 saturated carbocycles. The van der Waals surface area contributed by atoms with Gasteiger partial charge in [-0.05, 0) is 23.9 Å². The first-order chi connectivity index (χ1) is 13.7. The molecule has 2 aromatic heterocycles. The maximum Gasteiger partial charge on any atom is 0.239 e. The summed E-state index contributed by atoms with van der Waals surface area (Å²) in [5.41, 5.74) is 1.13. The average Bonchev–Trinajstić information content (AvgIpc) is 3.36. The maximum atomic E-state index is 12.1. The standard InChI is InChI=1S/C19H21N5O2S2/c1-2-20-16(25)11-21-17(26)13-28-19-23-22-18(15-9-6-10-27-15)24(19)12-14-7-4-3-5-8-14/h3-10H,2,11-13H2,1H3,(H,20,25)(H,21,26). The molecule has 0 aliphatic heterocycles. The lowest BCUT2D eigenvalue weighted by atomic mass is 10.2. The summed E-state index contributed by atoms with van der Waals surface area (Å²) in [4.78, 5) is 24.5. The van der Waals surface area contributed by atoms with Gasteiger partial charge in [0.2, 0.25) is 11.8 Å². The van der Waals surface area contributed by atoms with E-state index in [-0.39, 0.29) is 24.1 Å². The zero-order chi connectivity index (χ0) is 19.8. The summed E-state index contributed by atoms with van der Waals surface area (Å²) >= 11 is 2.91. The molecule has 2 amide bonds. The molecule has 3 aromatic rings. The van der Waals surface area contributed by atoms with E-state index in [0.717, 1.165) is 16.3 Å². The Kier molecular flexibility index (Phi) is 7.21. The third kappa shape index (κ3) is 5.43. The van der Waals surface area contributed by atoms with Gasteiger partial charge in [-0.2, -0.15) is 0 Å². The predicted molar refractivity (Wildman–Crippen MR) is 111 cm³/mol. The summed E-state index contributed by atoms with van der Waals surface area (Å²) in [6.07, 6.45) is 0. The van der Waals surface area contributed by atoms with Crippen molar-refractivity contribution < 1.29 is 9.59 Å². The maximum absolute atomic E-state index is 12.1. The molecule has 0 spiro atoms. The summed E-state index contributed by atoms with van der Waals surface area (Å²) in [7, 11) is 0. The number of amides is 2. The smallest absolute Gasteiger partial charge is 0.239 e. The molecule has 0 unspecified atom stereocenters. The minimum Gasteiger partial charge on any atom is -0.355 e. The SMILES string of the molecule is CCNC(=O)CNC(=O)CSc1nnc(-c2cccs2)n1Cc1ccccc1. The third-order valence-corrected chi connectivity index (χ3v) is 5.63. The number of nitrogens with zero attached hydrogens (tertiary/aromatic N) is 3. The van der Waals surface area contributed by atoms with Gasteiger partial charge in [-0.3, -0.25) is 14.2 Å². The zero-order valence-corrected chi connectivity index (χ0v) is 17.1. The molecule has 7 nitrogen and oxygen atoms in total. The molecule has 2 heterocycles. The molecule has 9 heteroatoms. The van der Waals surface area contributed by atoms with Crippen molar-refractivity contribution in [3.63, 3.8) is 0 Å². The minimum atomic E-state index is -0.219. The van der Waals surface area contributed by atoms with E-state index in [4.69, 9.17) is 0 Å². The molecule has 28 heavy (non-hydrogen) atoms. The average molecular weight is 416 g/mol. The first-order valence-corrected chi connectivity index (χ1v) is 10.7. The van der Waals surface area contributed by atoms with Gasteiger partial charge in [-0.25, -0.2) is 0 Å². The molecule has 0 aliphatic carbocycles. The van der Waals surface area contributed by atoms with Crippen LogP contribution < -0.4 is 10.6 Å². The highest BCUT2D eigenvalue weighted by atomic mass is 32.2. The normalized spacial score (nSPS) is 10.6. The number of benzene rings is 1. The van der Waals surface area contributed by atoms with Gasteiger partial charge in [0, 0.05) is 6.54 Å². The van der Waals surface area contributed by atoms with Gasteiger partial charge < -0.3 is 10.6 Å². The number of carbonyl (C=O) groups excluding carboxylic acids is 2. The zero-order valence-electron chi connectivity index (χ0n) is 15.4. The van der Waals surface area contributed by atoms with E-state index in [0.29, 0.717) is 18.2 Å². The highest BCUT2D eigenvalue weighted by Gasteiger charge is 2.17. The van der Waals surface area contributed by atoms with Crippen molar-refractivity contribution >= 4 is 34.9 Å². The van der Waals surface area contributed by atoms with Gasteiger partial charge in [0.1, 0.15) is 0 Å². The number of hydrogen-bond acceptors (Lipinski definition) is 6. The Morgan fingerprint density at radius 2 is 1.89 bits per heavy atom. The van der Waals surface area contributed by atoms with Crippen LogP contribution in [0.3, 0.4) is 0 Å². The van der Waals surface area contributed by atoms with Gasteiger partial charge in [-0.15, -0.1) is 21.5 Å². The van der Waals surface area contributed by atoms with Crippen LogP contribution in [0.15, 0.2) is 53.0 Å². The van der Waals surface area contributed by atoms with E-state index in [1.54, 1.807) is 11.3 Å². The number of nitrogens with one attached hydrogen (secondary N) is 2.